The Morgan fingerprint density at radius 1 is 1.44 bits per heavy atom. The summed E-state index contributed by atoms with van der Waals surface area (Å²) in [5.74, 6) is 0.910. The van der Waals surface area contributed by atoms with Crippen molar-refractivity contribution in [3.05, 3.63) is 22.7 Å². The van der Waals surface area contributed by atoms with Crippen molar-refractivity contribution in [2.75, 3.05) is 0 Å². The fraction of sp³-hybridized carbons (Fsp3) is 0.636. The molecule has 0 amide bonds. The molecule has 6 nitrogen and oxygen atoms in total. The van der Waals surface area contributed by atoms with Gasteiger partial charge in [-0.2, -0.15) is 5.10 Å². The smallest absolute Gasteiger partial charge is 0.138 e. The van der Waals surface area contributed by atoms with E-state index < -0.39 is 0 Å². The first kappa shape index (κ1) is 13.1. The third-order valence-electron chi connectivity index (χ3n) is 2.80. The number of nitrogens with zero attached hydrogens (tertiary/aromatic N) is 5. The van der Waals surface area contributed by atoms with Gasteiger partial charge in [0.2, 0.25) is 0 Å². The molecule has 2 aromatic heterocycles. The van der Waals surface area contributed by atoms with Gasteiger partial charge in [-0.3, -0.25) is 0 Å². The molecule has 0 saturated carbocycles. The molecule has 0 aromatic carbocycles. The molecule has 1 atom stereocenters. The molecule has 0 spiro atoms. The maximum atomic E-state index is 6.23. The molecule has 0 aliphatic rings. The minimum absolute atomic E-state index is 0.110. The number of rotatable bonds is 5. The maximum Gasteiger partial charge on any atom is 0.138 e. The lowest BCUT2D eigenvalue weighted by molar-refractivity contribution is 0.493. The molecule has 7 heteroatoms. The highest BCUT2D eigenvalue weighted by atomic mass is 32.1. The summed E-state index contributed by atoms with van der Waals surface area (Å²) in [6.07, 6.45) is 3.10. The van der Waals surface area contributed by atoms with Crippen LogP contribution in [0.15, 0.2) is 6.33 Å². The van der Waals surface area contributed by atoms with Gasteiger partial charge >= 0.3 is 0 Å². The number of aryl methyl sites for hydroxylation is 1. The molecule has 98 valence electrons. The van der Waals surface area contributed by atoms with Gasteiger partial charge in [-0.05, 0) is 31.8 Å². The van der Waals surface area contributed by atoms with Gasteiger partial charge in [0.1, 0.15) is 12.2 Å². The van der Waals surface area contributed by atoms with Gasteiger partial charge in [0.05, 0.1) is 10.6 Å². The van der Waals surface area contributed by atoms with Crippen LogP contribution in [0.5, 0.6) is 0 Å². The SMILES string of the molecule is CCc1nnsc1C(N)Cc1ncnn1C(C)C. The third kappa shape index (κ3) is 2.56. The highest BCUT2D eigenvalue weighted by Crippen LogP contribution is 2.22. The van der Waals surface area contributed by atoms with Crippen molar-refractivity contribution in [3.63, 3.8) is 0 Å². The Labute approximate surface area is 110 Å². The van der Waals surface area contributed by atoms with Crippen LogP contribution in [0.2, 0.25) is 0 Å². The number of aromatic nitrogens is 5. The molecule has 2 N–H and O–H groups in total. The zero-order chi connectivity index (χ0) is 13.1. The van der Waals surface area contributed by atoms with Crippen LogP contribution in [0.3, 0.4) is 0 Å². The quantitative estimate of drug-likeness (QED) is 0.887. The second-order valence-electron chi connectivity index (χ2n) is 4.46. The van der Waals surface area contributed by atoms with E-state index in [9.17, 15) is 0 Å². The minimum Gasteiger partial charge on any atom is -0.323 e. The Morgan fingerprint density at radius 2 is 2.22 bits per heavy atom. The van der Waals surface area contributed by atoms with E-state index in [1.165, 1.54) is 11.5 Å². The van der Waals surface area contributed by atoms with Crippen LogP contribution in [0, 0.1) is 0 Å². The van der Waals surface area contributed by atoms with Gasteiger partial charge in [-0.1, -0.05) is 11.4 Å². The Balaban J connectivity index is 2.16. The molecule has 2 rings (SSSR count). The van der Waals surface area contributed by atoms with Gasteiger partial charge < -0.3 is 5.73 Å². The molecule has 0 radical (unpaired) electrons. The van der Waals surface area contributed by atoms with Crippen LogP contribution in [0.4, 0.5) is 0 Å². The first-order valence-corrected chi connectivity index (χ1v) is 6.85. The topological polar surface area (TPSA) is 82.5 Å². The fourth-order valence-corrected chi connectivity index (χ4v) is 2.62. The van der Waals surface area contributed by atoms with Crippen molar-refractivity contribution in [1.82, 2.24) is 24.4 Å². The zero-order valence-corrected chi connectivity index (χ0v) is 11.7. The normalized spacial score (nSPS) is 13.2. The Kier molecular flexibility index (Phi) is 4.03. The first-order valence-electron chi connectivity index (χ1n) is 6.08. The van der Waals surface area contributed by atoms with E-state index >= 15 is 0 Å². The number of hydrogen-bond acceptors (Lipinski definition) is 6. The first-order chi connectivity index (χ1) is 8.63. The van der Waals surface area contributed by atoms with Crippen LogP contribution in [-0.4, -0.2) is 24.4 Å². The number of nitrogens with two attached hydrogens (primary N) is 1. The molecule has 0 bridgehead atoms. The molecule has 18 heavy (non-hydrogen) atoms. The second kappa shape index (κ2) is 5.53. The van der Waals surface area contributed by atoms with E-state index in [0.717, 1.165) is 22.8 Å². The van der Waals surface area contributed by atoms with Crippen LogP contribution >= 0.6 is 11.5 Å². The summed E-state index contributed by atoms with van der Waals surface area (Å²) in [5.41, 5.74) is 7.21. The highest BCUT2D eigenvalue weighted by molar-refractivity contribution is 7.05. The summed E-state index contributed by atoms with van der Waals surface area (Å²) in [5, 5.41) is 8.30. The average molecular weight is 266 g/mol. The van der Waals surface area contributed by atoms with Crippen molar-refractivity contribution in [3.8, 4) is 0 Å². The van der Waals surface area contributed by atoms with E-state index in [4.69, 9.17) is 5.73 Å². The zero-order valence-electron chi connectivity index (χ0n) is 10.9. The molecule has 0 aliphatic carbocycles. The van der Waals surface area contributed by atoms with Crippen LogP contribution in [-0.2, 0) is 12.8 Å². The van der Waals surface area contributed by atoms with E-state index in [1.807, 2.05) is 4.68 Å². The van der Waals surface area contributed by atoms with Crippen molar-refractivity contribution >= 4 is 11.5 Å². The van der Waals surface area contributed by atoms with E-state index in [2.05, 4.69) is 40.4 Å². The number of hydrogen-bond donors (Lipinski definition) is 1. The van der Waals surface area contributed by atoms with Gasteiger partial charge in [0.25, 0.3) is 0 Å². The molecule has 1 unspecified atom stereocenters. The lowest BCUT2D eigenvalue weighted by atomic mass is 10.1. The Hall–Kier alpha value is -1.34. The summed E-state index contributed by atoms with van der Waals surface area (Å²) >= 11 is 1.37. The molecular formula is C11H18N6S. The minimum atomic E-state index is -0.110. The summed E-state index contributed by atoms with van der Waals surface area (Å²) in [6.45, 7) is 6.22. The van der Waals surface area contributed by atoms with Gasteiger partial charge in [0.15, 0.2) is 0 Å². The van der Waals surface area contributed by atoms with Gasteiger partial charge in [0, 0.05) is 18.5 Å². The summed E-state index contributed by atoms with van der Waals surface area (Å²) in [7, 11) is 0. The second-order valence-corrected chi connectivity index (χ2v) is 5.25. The standard InChI is InChI=1S/C11H18N6S/c1-4-9-11(18-16-15-9)8(12)5-10-13-6-14-17(10)7(2)3/h6-8H,4-5,12H2,1-3H3. The Morgan fingerprint density at radius 3 is 2.89 bits per heavy atom. The van der Waals surface area contributed by atoms with Crippen molar-refractivity contribution in [2.45, 2.75) is 45.7 Å². The van der Waals surface area contributed by atoms with E-state index in [0.29, 0.717) is 12.5 Å². The fourth-order valence-electron chi connectivity index (χ4n) is 1.88. The van der Waals surface area contributed by atoms with Gasteiger partial charge in [-0.25, -0.2) is 9.67 Å². The van der Waals surface area contributed by atoms with E-state index in [-0.39, 0.29) is 6.04 Å². The summed E-state index contributed by atoms with van der Waals surface area (Å²) in [6, 6.07) is 0.182. The highest BCUT2D eigenvalue weighted by Gasteiger charge is 2.18. The molecule has 2 aromatic rings. The lowest BCUT2D eigenvalue weighted by Crippen LogP contribution is -2.18. The molecule has 0 saturated heterocycles. The van der Waals surface area contributed by atoms with Crippen LogP contribution < -0.4 is 5.73 Å². The molecule has 0 aliphatic heterocycles. The van der Waals surface area contributed by atoms with Gasteiger partial charge in [-0.15, -0.1) is 5.10 Å². The molecule has 0 fully saturated rings. The average Bonchev–Trinajstić information content (AvgIpc) is 2.96. The predicted octanol–water partition coefficient (Wildman–Crippen LogP) is 1.52. The van der Waals surface area contributed by atoms with Crippen molar-refractivity contribution in [2.24, 2.45) is 5.73 Å². The van der Waals surface area contributed by atoms with Crippen LogP contribution in [0.25, 0.3) is 0 Å². The lowest BCUT2D eigenvalue weighted by Gasteiger charge is -2.13. The Bertz CT molecular complexity index is 503. The summed E-state index contributed by atoms with van der Waals surface area (Å²) < 4.78 is 5.87. The molecule has 2 heterocycles. The third-order valence-corrected chi connectivity index (χ3v) is 3.69. The van der Waals surface area contributed by atoms with Crippen LogP contribution in [0.1, 0.15) is 49.3 Å². The maximum absolute atomic E-state index is 6.23. The predicted molar refractivity (Wildman–Crippen MR) is 70.3 cm³/mol. The monoisotopic (exact) mass is 266 g/mol. The van der Waals surface area contributed by atoms with Crippen molar-refractivity contribution in [1.29, 1.82) is 0 Å². The summed E-state index contributed by atoms with van der Waals surface area (Å²) in [4.78, 5) is 5.33. The van der Waals surface area contributed by atoms with Crippen molar-refractivity contribution < 1.29 is 0 Å². The largest absolute Gasteiger partial charge is 0.323 e. The van der Waals surface area contributed by atoms with E-state index in [1.54, 1.807) is 6.33 Å². The molecular weight excluding hydrogens is 248 g/mol.